The molecule has 0 radical (unpaired) electrons. The van der Waals surface area contributed by atoms with E-state index in [1.165, 1.54) is 27.4 Å². The molecule has 9 heteroatoms. The molecule has 0 aliphatic carbocycles. The molecule has 9 nitrogen and oxygen atoms in total. The molecule has 0 unspecified atom stereocenters. The fraction of sp³-hybridized carbons (Fsp3) is 0.278. The van der Waals surface area contributed by atoms with Crippen LogP contribution in [0.4, 0.5) is 11.4 Å². The van der Waals surface area contributed by atoms with Crippen LogP contribution in [0.3, 0.4) is 0 Å². The van der Waals surface area contributed by atoms with Crippen LogP contribution in [0.1, 0.15) is 17.3 Å². The van der Waals surface area contributed by atoms with Crippen LogP contribution in [-0.4, -0.2) is 38.8 Å². The smallest absolute Gasteiger partial charge is 0.286 e. The lowest BCUT2D eigenvalue weighted by atomic mass is 10.1. The quantitative estimate of drug-likeness (QED) is 0.556. The highest BCUT2D eigenvalue weighted by atomic mass is 16.6. The van der Waals surface area contributed by atoms with Gasteiger partial charge in [-0.15, -0.1) is 0 Å². The van der Waals surface area contributed by atoms with E-state index in [2.05, 4.69) is 5.32 Å². The van der Waals surface area contributed by atoms with Crippen LogP contribution in [-0.2, 0) is 0 Å². The highest BCUT2D eigenvalue weighted by molar-refractivity contribution is 6.07. The van der Waals surface area contributed by atoms with E-state index in [-0.39, 0.29) is 17.1 Å². The molecule has 1 N–H and O–H groups in total. The average Bonchev–Trinajstić information content (AvgIpc) is 2.67. The Kier molecular flexibility index (Phi) is 6.42. The van der Waals surface area contributed by atoms with Crippen molar-refractivity contribution < 1.29 is 28.7 Å². The van der Waals surface area contributed by atoms with Crippen LogP contribution < -0.4 is 24.3 Å². The number of methoxy groups -OCH3 is 3. The Hall–Kier alpha value is -3.49. The van der Waals surface area contributed by atoms with E-state index in [0.29, 0.717) is 23.8 Å². The SMILES string of the molecule is CCOc1cc(C(=O)Nc2cc(OC)cc(OC)c2)c([N+](=O)[O-])cc1OC. The Morgan fingerprint density at radius 1 is 1.00 bits per heavy atom. The zero-order valence-electron chi connectivity index (χ0n) is 15.4. The number of hydrogen-bond donors (Lipinski definition) is 1. The van der Waals surface area contributed by atoms with Crippen molar-refractivity contribution in [2.45, 2.75) is 6.92 Å². The maximum Gasteiger partial charge on any atom is 0.286 e. The van der Waals surface area contributed by atoms with Crippen molar-refractivity contribution in [3.8, 4) is 23.0 Å². The van der Waals surface area contributed by atoms with Crippen LogP contribution in [0.5, 0.6) is 23.0 Å². The van der Waals surface area contributed by atoms with Gasteiger partial charge < -0.3 is 24.3 Å². The molecule has 0 aliphatic rings. The minimum absolute atomic E-state index is 0.161. The molecule has 0 aromatic heterocycles. The summed E-state index contributed by atoms with van der Waals surface area (Å²) in [5.74, 6) is 0.649. The number of hydrogen-bond acceptors (Lipinski definition) is 7. The van der Waals surface area contributed by atoms with Gasteiger partial charge in [0, 0.05) is 30.0 Å². The van der Waals surface area contributed by atoms with Crippen molar-refractivity contribution in [3.63, 3.8) is 0 Å². The van der Waals surface area contributed by atoms with Gasteiger partial charge in [-0.1, -0.05) is 0 Å². The van der Waals surface area contributed by atoms with Gasteiger partial charge in [0.15, 0.2) is 11.5 Å². The number of benzene rings is 2. The van der Waals surface area contributed by atoms with Gasteiger partial charge in [-0.05, 0) is 6.92 Å². The van der Waals surface area contributed by atoms with E-state index >= 15 is 0 Å². The number of nitrogens with one attached hydrogen (secondary N) is 1. The van der Waals surface area contributed by atoms with E-state index in [1.807, 2.05) is 0 Å². The molecule has 27 heavy (non-hydrogen) atoms. The van der Waals surface area contributed by atoms with Gasteiger partial charge in [0.1, 0.15) is 17.1 Å². The van der Waals surface area contributed by atoms with Crippen molar-refractivity contribution >= 4 is 17.3 Å². The summed E-state index contributed by atoms with van der Waals surface area (Å²) in [7, 11) is 4.32. The third kappa shape index (κ3) is 4.57. The Balaban J connectivity index is 2.45. The van der Waals surface area contributed by atoms with Gasteiger partial charge in [-0.25, -0.2) is 0 Å². The van der Waals surface area contributed by atoms with Gasteiger partial charge in [-0.3, -0.25) is 14.9 Å². The number of amides is 1. The summed E-state index contributed by atoms with van der Waals surface area (Å²) in [6, 6.07) is 7.22. The zero-order valence-corrected chi connectivity index (χ0v) is 15.4. The summed E-state index contributed by atoms with van der Waals surface area (Å²) in [5.41, 5.74) is -0.201. The third-order valence-electron chi connectivity index (χ3n) is 3.63. The minimum atomic E-state index is -0.680. The summed E-state index contributed by atoms with van der Waals surface area (Å²) in [5, 5.41) is 14.0. The summed E-state index contributed by atoms with van der Waals surface area (Å²) >= 11 is 0. The van der Waals surface area contributed by atoms with Crippen molar-refractivity contribution in [2.24, 2.45) is 0 Å². The lowest BCUT2D eigenvalue weighted by molar-refractivity contribution is -0.385. The average molecular weight is 376 g/mol. The molecule has 1 amide bonds. The fourth-order valence-corrected chi connectivity index (χ4v) is 2.39. The van der Waals surface area contributed by atoms with E-state index in [9.17, 15) is 14.9 Å². The van der Waals surface area contributed by atoms with Crippen LogP contribution >= 0.6 is 0 Å². The van der Waals surface area contributed by atoms with Gasteiger partial charge >= 0.3 is 0 Å². The summed E-state index contributed by atoms with van der Waals surface area (Å²) < 4.78 is 20.8. The van der Waals surface area contributed by atoms with Crippen LogP contribution in [0.15, 0.2) is 30.3 Å². The van der Waals surface area contributed by atoms with Crippen LogP contribution in [0.25, 0.3) is 0 Å². The molecule has 0 saturated heterocycles. The summed E-state index contributed by atoms with van der Waals surface area (Å²) in [6.45, 7) is 2.06. The van der Waals surface area contributed by atoms with Gasteiger partial charge in [0.25, 0.3) is 11.6 Å². The minimum Gasteiger partial charge on any atom is -0.497 e. The summed E-state index contributed by atoms with van der Waals surface area (Å²) in [4.78, 5) is 23.5. The van der Waals surface area contributed by atoms with E-state index in [1.54, 1.807) is 25.1 Å². The number of rotatable bonds is 8. The topological polar surface area (TPSA) is 109 Å². The maximum absolute atomic E-state index is 12.7. The molecule has 0 saturated carbocycles. The van der Waals surface area contributed by atoms with Gasteiger partial charge in [-0.2, -0.15) is 0 Å². The fourth-order valence-electron chi connectivity index (χ4n) is 2.39. The normalized spacial score (nSPS) is 10.1. The number of ether oxygens (including phenoxy) is 4. The van der Waals surface area contributed by atoms with Gasteiger partial charge in [0.2, 0.25) is 0 Å². The predicted octanol–water partition coefficient (Wildman–Crippen LogP) is 3.27. The van der Waals surface area contributed by atoms with Crippen molar-refractivity contribution in [1.82, 2.24) is 0 Å². The maximum atomic E-state index is 12.7. The first-order valence-corrected chi connectivity index (χ1v) is 7.97. The molecule has 0 atom stereocenters. The monoisotopic (exact) mass is 376 g/mol. The first-order valence-electron chi connectivity index (χ1n) is 7.97. The Morgan fingerprint density at radius 3 is 2.11 bits per heavy atom. The number of carbonyl (C=O) groups is 1. The second-order valence-corrected chi connectivity index (χ2v) is 5.27. The lowest BCUT2D eigenvalue weighted by Gasteiger charge is -2.13. The molecule has 2 aromatic rings. The number of carbonyl (C=O) groups excluding carboxylic acids is 1. The van der Waals surface area contributed by atoms with Crippen molar-refractivity contribution in [2.75, 3.05) is 33.3 Å². The second kappa shape index (κ2) is 8.75. The highest BCUT2D eigenvalue weighted by Gasteiger charge is 2.25. The number of anilines is 1. The molecule has 0 fully saturated rings. The Bertz CT molecular complexity index is 830. The van der Waals surface area contributed by atoms with E-state index in [0.717, 1.165) is 6.07 Å². The second-order valence-electron chi connectivity index (χ2n) is 5.27. The Morgan fingerprint density at radius 2 is 1.63 bits per heavy atom. The Labute approximate surface area is 155 Å². The molecular weight excluding hydrogens is 356 g/mol. The molecule has 144 valence electrons. The summed E-state index contributed by atoms with van der Waals surface area (Å²) in [6.07, 6.45) is 0. The first kappa shape index (κ1) is 19.8. The molecule has 0 bridgehead atoms. The molecule has 2 aromatic carbocycles. The van der Waals surface area contributed by atoms with Crippen molar-refractivity contribution in [3.05, 3.63) is 46.0 Å². The molecule has 0 heterocycles. The first-order chi connectivity index (χ1) is 12.9. The molecular formula is C18H20N2O7. The zero-order chi connectivity index (χ0) is 20.0. The standard InChI is InChI=1S/C18H20N2O7/c1-5-27-17-9-14(15(20(22)23)10-16(17)26-4)18(21)19-11-6-12(24-2)8-13(7-11)25-3/h6-10H,5H2,1-4H3,(H,19,21). The lowest BCUT2D eigenvalue weighted by Crippen LogP contribution is -2.15. The predicted molar refractivity (Wildman–Crippen MR) is 98.3 cm³/mol. The van der Waals surface area contributed by atoms with Crippen molar-refractivity contribution in [1.29, 1.82) is 0 Å². The number of nitro benzene ring substituents is 1. The highest BCUT2D eigenvalue weighted by Crippen LogP contribution is 2.35. The van der Waals surface area contributed by atoms with Crippen LogP contribution in [0, 0.1) is 10.1 Å². The van der Waals surface area contributed by atoms with Gasteiger partial charge in [0.05, 0.1) is 38.9 Å². The third-order valence-corrected chi connectivity index (χ3v) is 3.63. The van der Waals surface area contributed by atoms with Crippen LogP contribution in [0.2, 0.25) is 0 Å². The van der Waals surface area contributed by atoms with E-state index in [4.69, 9.17) is 18.9 Å². The van der Waals surface area contributed by atoms with E-state index < -0.39 is 16.5 Å². The number of nitro groups is 1. The number of nitrogens with zero attached hydrogens (tertiary/aromatic N) is 1. The molecule has 0 spiro atoms. The largest absolute Gasteiger partial charge is 0.497 e. The molecule has 2 rings (SSSR count). The molecule has 0 aliphatic heterocycles.